The van der Waals surface area contributed by atoms with Gasteiger partial charge in [-0.1, -0.05) is 0 Å². The molecule has 1 unspecified atom stereocenters. The molecule has 0 bridgehead atoms. The van der Waals surface area contributed by atoms with Crippen molar-refractivity contribution in [2.45, 2.75) is 50.4 Å². The molecule has 0 saturated carbocycles. The van der Waals surface area contributed by atoms with Gasteiger partial charge >= 0.3 is 6.18 Å². The summed E-state index contributed by atoms with van der Waals surface area (Å²) >= 11 is 0. The SMILES string of the molecule is O=C(CCOCC1CCCO1)NC1CCN(c2ccc(C(F)(F)F)cn2)CC1. The van der Waals surface area contributed by atoms with Gasteiger partial charge in [-0.2, -0.15) is 13.2 Å². The number of pyridine rings is 1. The summed E-state index contributed by atoms with van der Waals surface area (Å²) in [5.74, 6) is 0.485. The lowest BCUT2D eigenvalue weighted by atomic mass is 10.0. The molecule has 2 fully saturated rings. The summed E-state index contributed by atoms with van der Waals surface area (Å²) in [6, 6.07) is 2.51. The topological polar surface area (TPSA) is 63.7 Å². The minimum Gasteiger partial charge on any atom is -0.378 e. The van der Waals surface area contributed by atoms with E-state index in [1.165, 1.54) is 6.07 Å². The van der Waals surface area contributed by atoms with E-state index >= 15 is 0 Å². The second kappa shape index (κ2) is 9.56. The number of alkyl halides is 3. The molecule has 1 aromatic rings. The molecule has 6 nitrogen and oxygen atoms in total. The number of nitrogens with zero attached hydrogens (tertiary/aromatic N) is 2. The maximum atomic E-state index is 12.6. The smallest absolute Gasteiger partial charge is 0.378 e. The summed E-state index contributed by atoms with van der Waals surface area (Å²) in [5, 5.41) is 3.00. The molecule has 2 saturated heterocycles. The van der Waals surface area contributed by atoms with Crippen LogP contribution in [0.15, 0.2) is 18.3 Å². The molecule has 2 aliphatic rings. The first kappa shape index (κ1) is 20.9. The number of halogens is 3. The Labute approximate surface area is 162 Å². The lowest BCUT2D eigenvalue weighted by Crippen LogP contribution is -2.45. The third-order valence-corrected chi connectivity index (χ3v) is 5.06. The largest absolute Gasteiger partial charge is 0.417 e. The van der Waals surface area contributed by atoms with Gasteiger partial charge in [0, 0.05) is 38.4 Å². The van der Waals surface area contributed by atoms with Crippen molar-refractivity contribution < 1.29 is 27.4 Å². The van der Waals surface area contributed by atoms with Crippen LogP contribution in [0.5, 0.6) is 0 Å². The van der Waals surface area contributed by atoms with E-state index in [1.807, 2.05) is 4.90 Å². The van der Waals surface area contributed by atoms with Crippen LogP contribution < -0.4 is 10.2 Å². The van der Waals surface area contributed by atoms with Crippen LogP contribution in [0.3, 0.4) is 0 Å². The van der Waals surface area contributed by atoms with Crippen molar-refractivity contribution in [3.05, 3.63) is 23.9 Å². The average Bonchev–Trinajstić information content (AvgIpc) is 3.19. The summed E-state index contributed by atoms with van der Waals surface area (Å²) in [5.41, 5.74) is -0.750. The Morgan fingerprint density at radius 3 is 2.68 bits per heavy atom. The van der Waals surface area contributed by atoms with Crippen LogP contribution >= 0.6 is 0 Å². The normalized spacial score (nSPS) is 21.1. The molecule has 1 amide bonds. The molecular weight excluding hydrogens is 375 g/mol. The molecule has 0 aromatic carbocycles. The summed E-state index contributed by atoms with van der Waals surface area (Å²) in [7, 11) is 0. The number of piperidine rings is 1. The Kier molecular flexibility index (Phi) is 7.12. The van der Waals surface area contributed by atoms with Crippen LogP contribution in [0.4, 0.5) is 19.0 Å². The van der Waals surface area contributed by atoms with Gasteiger partial charge in [0.1, 0.15) is 5.82 Å². The van der Waals surface area contributed by atoms with Crippen molar-refractivity contribution >= 4 is 11.7 Å². The van der Waals surface area contributed by atoms with E-state index < -0.39 is 11.7 Å². The second-order valence-electron chi connectivity index (χ2n) is 7.19. The van der Waals surface area contributed by atoms with Gasteiger partial charge in [0.05, 0.1) is 24.9 Å². The number of hydrogen-bond acceptors (Lipinski definition) is 5. The van der Waals surface area contributed by atoms with Gasteiger partial charge in [-0.05, 0) is 37.8 Å². The summed E-state index contributed by atoms with van der Waals surface area (Å²) in [6.45, 7) is 2.97. The van der Waals surface area contributed by atoms with E-state index in [2.05, 4.69) is 10.3 Å². The molecule has 1 aromatic heterocycles. The van der Waals surface area contributed by atoms with E-state index in [1.54, 1.807) is 0 Å². The molecular formula is C19H26F3N3O3. The Hall–Kier alpha value is -1.87. The van der Waals surface area contributed by atoms with Crippen LogP contribution in [0.2, 0.25) is 0 Å². The van der Waals surface area contributed by atoms with Crippen LogP contribution in [-0.4, -0.2) is 55.9 Å². The third-order valence-electron chi connectivity index (χ3n) is 5.06. The predicted octanol–water partition coefficient (Wildman–Crippen LogP) is 2.77. The predicted molar refractivity (Wildman–Crippen MR) is 97.0 cm³/mol. The van der Waals surface area contributed by atoms with Gasteiger partial charge in [-0.3, -0.25) is 4.79 Å². The minimum absolute atomic E-state index is 0.0431. The van der Waals surface area contributed by atoms with E-state index in [0.29, 0.717) is 38.5 Å². The lowest BCUT2D eigenvalue weighted by Gasteiger charge is -2.33. The number of ether oxygens (including phenoxy) is 2. The Bertz CT molecular complexity index is 626. The van der Waals surface area contributed by atoms with Gasteiger partial charge < -0.3 is 19.7 Å². The Morgan fingerprint density at radius 2 is 2.07 bits per heavy atom. The zero-order valence-corrected chi connectivity index (χ0v) is 15.7. The molecule has 3 rings (SSSR count). The first-order valence-electron chi connectivity index (χ1n) is 9.69. The third kappa shape index (κ3) is 6.07. The number of hydrogen-bond donors (Lipinski definition) is 1. The maximum Gasteiger partial charge on any atom is 0.417 e. The number of aromatic nitrogens is 1. The molecule has 28 heavy (non-hydrogen) atoms. The molecule has 0 aliphatic carbocycles. The van der Waals surface area contributed by atoms with Crippen molar-refractivity contribution in [2.24, 2.45) is 0 Å². The molecule has 2 aliphatic heterocycles. The quantitative estimate of drug-likeness (QED) is 0.712. The number of amides is 1. The van der Waals surface area contributed by atoms with Gasteiger partial charge in [0.15, 0.2) is 0 Å². The minimum atomic E-state index is -4.38. The first-order valence-corrected chi connectivity index (χ1v) is 9.69. The zero-order chi connectivity index (χ0) is 20.0. The molecule has 9 heteroatoms. The van der Waals surface area contributed by atoms with Gasteiger partial charge in [0.2, 0.25) is 5.91 Å². The molecule has 3 heterocycles. The van der Waals surface area contributed by atoms with Crippen molar-refractivity contribution in [3.63, 3.8) is 0 Å². The fourth-order valence-corrected chi connectivity index (χ4v) is 3.45. The van der Waals surface area contributed by atoms with Crippen LogP contribution in [0, 0.1) is 0 Å². The van der Waals surface area contributed by atoms with E-state index in [4.69, 9.17) is 9.47 Å². The van der Waals surface area contributed by atoms with Gasteiger partial charge in [-0.25, -0.2) is 4.98 Å². The first-order chi connectivity index (χ1) is 13.4. The highest BCUT2D eigenvalue weighted by atomic mass is 19.4. The molecule has 1 N–H and O–H groups in total. The average molecular weight is 401 g/mol. The standard InChI is InChI=1S/C19H26F3N3O3/c20-19(21,22)14-3-4-17(23-12-14)25-8-5-15(6-9-25)24-18(26)7-11-27-13-16-2-1-10-28-16/h3-4,12,15-16H,1-2,5-11,13H2,(H,24,26). The maximum absolute atomic E-state index is 12.6. The van der Waals surface area contributed by atoms with Crippen molar-refractivity contribution in [1.82, 2.24) is 10.3 Å². The second-order valence-corrected chi connectivity index (χ2v) is 7.19. The van der Waals surface area contributed by atoms with Crippen LogP contribution in [0.25, 0.3) is 0 Å². The molecule has 0 spiro atoms. The number of nitrogens with one attached hydrogen (secondary N) is 1. The Balaban J connectivity index is 1.33. The summed E-state index contributed by atoms with van der Waals surface area (Å²) in [4.78, 5) is 17.9. The number of rotatable bonds is 7. The fraction of sp³-hybridized carbons (Fsp3) is 0.684. The van der Waals surface area contributed by atoms with Gasteiger partial charge in [0.25, 0.3) is 0 Å². The summed E-state index contributed by atoms with van der Waals surface area (Å²) < 4.78 is 48.8. The monoisotopic (exact) mass is 401 g/mol. The highest BCUT2D eigenvalue weighted by molar-refractivity contribution is 5.76. The lowest BCUT2D eigenvalue weighted by molar-refractivity contribution is -0.137. The van der Waals surface area contributed by atoms with Crippen molar-refractivity contribution in [1.29, 1.82) is 0 Å². The number of carbonyl (C=O) groups excluding carboxylic acids is 1. The van der Waals surface area contributed by atoms with Crippen molar-refractivity contribution in [2.75, 3.05) is 37.8 Å². The van der Waals surface area contributed by atoms with Crippen LogP contribution in [0.1, 0.15) is 37.7 Å². The summed E-state index contributed by atoms with van der Waals surface area (Å²) in [6.07, 6.45) is 0.486. The van der Waals surface area contributed by atoms with E-state index in [9.17, 15) is 18.0 Å². The highest BCUT2D eigenvalue weighted by Gasteiger charge is 2.31. The highest BCUT2D eigenvalue weighted by Crippen LogP contribution is 2.29. The zero-order valence-electron chi connectivity index (χ0n) is 15.7. The fourth-order valence-electron chi connectivity index (χ4n) is 3.45. The number of carbonyl (C=O) groups is 1. The Morgan fingerprint density at radius 1 is 1.29 bits per heavy atom. The van der Waals surface area contributed by atoms with Gasteiger partial charge in [-0.15, -0.1) is 0 Å². The van der Waals surface area contributed by atoms with E-state index in [-0.39, 0.29) is 18.1 Å². The molecule has 1 atom stereocenters. The van der Waals surface area contributed by atoms with Crippen LogP contribution in [-0.2, 0) is 20.4 Å². The molecule has 156 valence electrons. The van der Waals surface area contributed by atoms with Crippen molar-refractivity contribution in [3.8, 4) is 0 Å². The molecule has 0 radical (unpaired) electrons. The van der Waals surface area contributed by atoms with E-state index in [0.717, 1.165) is 44.6 Å². The number of anilines is 1.